The zero-order valence-electron chi connectivity index (χ0n) is 4.50. The summed E-state index contributed by atoms with van der Waals surface area (Å²) in [5.74, 6) is 0. The van der Waals surface area contributed by atoms with Gasteiger partial charge in [-0.15, -0.1) is 0 Å². The normalized spacial score (nSPS) is 22.1. The maximum atomic E-state index is 9.78. The van der Waals surface area contributed by atoms with Crippen LogP contribution in [0.2, 0.25) is 0 Å². The maximum Gasteiger partial charge on any atom is 0.207 e. The van der Waals surface area contributed by atoms with Gasteiger partial charge in [-0.3, -0.25) is 9.46 Å². The molecule has 1 amide bonds. The van der Waals surface area contributed by atoms with E-state index >= 15 is 0 Å². The van der Waals surface area contributed by atoms with Crippen molar-refractivity contribution in [2.75, 3.05) is 13.1 Å². The first-order valence-electron chi connectivity index (χ1n) is 2.52. The molecule has 1 fully saturated rings. The van der Waals surface area contributed by atoms with Crippen LogP contribution in [0.25, 0.3) is 0 Å². The van der Waals surface area contributed by atoms with Crippen LogP contribution in [0.3, 0.4) is 0 Å². The molecule has 0 aromatic rings. The molecule has 1 aliphatic rings. The maximum absolute atomic E-state index is 9.78. The van der Waals surface area contributed by atoms with Crippen LogP contribution in [0.15, 0.2) is 0 Å². The Morgan fingerprint density at radius 2 is 2.38 bits per heavy atom. The first kappa shape index (κ1) is 5.99. The van der Waals surface area contributed by atoms with Crippen LogP contribution in [0.4, 0.5) is 0 Å². The molecule has 4 heteroatoms. The van der Waals surface area contributed by atoms with Gasteiger partial charge in [-0.05, 0) is 0 Å². The highest BCUT2D eigenvalue weighted by molar-refractivity contribution is 7.13. The van der Waals surface area contributed by atoms with Gasteiger partial charge in [0, 0.05) is 13.1 Å². The summed E-state index contributed by atoms with van der Waals surface area (Å²) in [7, 11) is 2.57. The highest BCUT2D eigenvalue weighted by Gasteiger charge is 2.21. The third-order valence-electron chi connectivity index (χ3n) is 1.21. The quantitative estimate of drug-likeness (QED) is 0.394. The van der Waals surface area contributed by atoms with E-state index in [4.69, 9.17) is 0 Å². The molecule has 1 saturated heterocycles. The molecule has 0 aromatic carbocycles. The van der Waals surface area contributed by atoms with Crippen molar-refractivity contribution in [1.29, 1.82) is 0 Å². The Kier molecular flexibility index (Phi) is 1.81. The van der Waals surface area contributed by atoms with Gasteiger partial charge in [-0.25, -0.2) is 0 Å². The number of amides is 1. The molecule has 8 heavy (non-hydrogen) atoms. The summed E-state index contributed by atoms with van der Waals surface area (Å²) in [6.07, 6.45) is 0.752. The summed E-state index contributed by atoms with van der Waals surface area (Å²) < 4.78 is 2.07. The number of rotatable bonds is 2. The topological polar surface area (TPSA) is 32.3 Å². The van der Waals surface area contributed by atoms with E-state index in [1.54, 1.807) is 0 Å². The molecular formula is C4H9N2OP. The molecule has 3 nitrogen and oxygen atoms in total. The average molecular weight is 132 g/mol. The lowest BCUT2D eigenvalue weighted by atomic mass is 10.2. The van der Waals surface area contributed by atoms with E-state index in [2.05, 4.69) is 19.4 Å². The fourth-order valence-electron chi connectivity index (χ4n) is 0.714. The molecular weight excluding hydrogens is 123 g/mol. The summed E-state index contributed by atoms with van der Waals surface area (Å²) in [5.41, 5.74) is 0. The number of hydrogen-bond acceptors (Lipinski definition) is 2. The Bertz CT molecular complexity index is 92.0. The van der Waals surface area contributed by atoms with Gasteiger partial charge in [0.25, 0.3) is 0 Å². The number of carbonyl (C=O) groups is 1. The van der Waals surface area contributed by atoms with Crippen molar-refractivity contribution < 1.29 is 4.79 Å². The lowest BCUT2D eigenvalue weighted by molar-refractivity contribution is -0.110. The average Bonchev–Trinajstić information content (AvgIpc) is 1.64. The molecule has 0 spiro atoms. The monoisotopic (exact) mass is 132 g/mol. The number of nitrogens with one attached hydrogen (secondary N) is 1. The Labute approximate surface area is 50.7 Å². The minimum absolute atomic E-state index is 0.394. The van der Waals surface area contributed by atoms with Crippen molar-refractivity contribution in [3.63, 3.8) is 0 Å². The molecule has 46 valence electrons. The van der Waals surface area contributed by atoms with E-state index in [9.17, 15) is 4.79 Å². The van der Waals surface area contributed by atoms with E-state index in [1.807, 2.05) is 0 Å². The smallest absolute Gasteiger partial charge is 0.207 e. The molecule has 0 aliphatic carbocycles. The molecule has 0 aromatic heterocycles. The summed E-state index contributed by atoms with van der Waals surface area (Å²) in [4.78, 5) is 9.78. The van der Waals surface area contributed by atoms with E-state index in [1.165, 1.54) is 0 Å². The third-order valence-corrected chi connectivity index (χ3v) is 1.64. The van der Waals surface area contributed by atoms with Crippen LogP contribution >= 0.6 is 9.39 Å². The van der Waals surface area contributed by atoms with Crippen molar-refractivity contribution in [3.05, 3.63) is 0 Å². The van der Waals surface area contributed by atoms with Crippen molar-refractivity contribution in [2.45, 2.75) is 6.04 Å². The Morgan fingerprint density at radius 3 is 2.75 bits per heavy atom. The molecule has 1 atom stereocenters. The minimum atomic E-state index is 0.394. The molecule has 1 unspecified atom stereocenters. The zero-order valence-corrected chi connectivity index (χ0v) is 5.66. The van der Waals surface area contributed by atoms with E-state index in [-0.39, 0.29) is 0 Å². The van der Waals surface area contributed by atoms with Crippen LogP contribution in [-0.4, -0.2) is 30.2 Å². The van der Waals surface area contributed by atoms with Crippen molar-refractivity contribution in [3.8, 4) is 0 Å². The fraction of sp³-hybridized carbons (Fsp3) is 0.750. The second kappa shape index (κ2) is 2.42. The van der Waals surface area contributed by atoms with Crippen molar-refractivity contribution in [2.24, 2.45) is 0 Å². The van der Waals surface area contributed by atoms with Gasteiger partial charge in [0.2, 0.25) is 6.41 Å². The Morgan fingerprint density at radius 1 is 1.75 bits per heavy atom. The Hall–Kier alpha value is -0.140. The standard InChI is InChI=1S/C4H9N2OP/c7-3-5-4-1-6(8)2-4/h3-4H,1-2,8H2,(H,5,7). The highest BCUT2D eigenvalue weighted by Crippen LogP contribution is 2.10. The van der Waals surface area contributed by atoms with E-state index in [0.29, 0.717) is 6.04 Å². The van der Waals surface area contributed by atoms with Gasteiger partial charge in [-0.1, -0.05) is 9.39 Å². The molecule has 1 heterocycles. The van der Waals surface area contributed by atoms with Crippen LogP contribution in [-0.2, 0) is 4.79 Å². The number of carbonyl (C=O) groups excluding carboxylic acids is 1. The van der Waals surface area contributed by atoms with Gasteiger partial charge < -0.3 is 5.32 Å². The lowest BCUT2D eigenvalue weighted by Gasteiger charge is -2.34. The number of nitrogens with zero attached hydrogens (tertiary/aromatic N) is 1. The molecule has 0 radical (unpaired) electrons. The van der Waals surface area contributed by atoms with Crippen molar-refractivity contribution >= 4 is 15.8 Å². The molecule has 1 rings (SSSR count). The Balaban J connectivity index is 2.06. The van der Waals surface area contributed by atoms with Gasteiger partial charge in [0.05, 0.1) is 6.04 Å². The summed E-state index contributed by atoms with van der Waals surface area (Å²) in [5, 5.41) is 2.68. The van der Waals surface area contributed by atoms with Gasteiger partial charge in [0.15, 0.2) is 0 Å². The zero-order chi connectivity index (χ0) is 5.98. The molecule has 1 aliphatic heterocycles. The lowest BCUT2D eigenvalue weighted by Crippen LogP contribution is -2.52. The van der Waals surface area contributed by atoms with Crippen LogP contribution in [0.1, 0.15) is 0 Å². The van der Waals surface area contributed by atoms with Gasteiger partial charge >= 0.3 is 0 Å². The molecule has 0 bridgehead atoms. The summed E-state index contributed by atoms with van der Waals surface area (Å²) >= 11 is 0. The van der Waals surface area contributed by atoms with Crippen LogP contribution in [0, 0.1) is 0 Å². The van der Waals surface area contributed by atoms with Crippen LogP contribution in [0.5, 0.6) is 0 Å². The van der Waals surface area contributed by atoms with Crippen molar-refractivity contribution in [1.82, 2.24) is 9.99 Å². The highest BCUT2D eigenvalue weighted by atomic mass is 31.0. The third kappa shape index (κ3) is 1.17. The predicted molar refractivity (Wildman–Crippen MR) is 34.3 cm³/mol. The van der Waals surface area contributed by atoms with E-state index < -0.39 is 0 Å². The summed E-state index contributed by atoms with van der Waals surface area (Å²) in [6.45, 7) is 1.92. The SMILES string of the molecule is O=CNC1CN(P)C1. The van der Waals surface area contributed by atoms with E-state index in [0.717, 1.165) is 19.5 Å². The van der Waals surface area contributed by atoms with Gasteiger partial charge in [-0.2, -0.15) is 0 Å². The fourth-order valence-corrected chi connectivity index (χ4v) is 1.22. The predicted octanol–water partition coefficient (Wildman–Crippen LogP) is -0.793. The minimum Gasteiger partial charge on any atom is -0.353 e. The first-order chi connectivity index (χ1) is 3.83. The first-order valence-corrected chi connectivity index (χ1v) is 3.04. The second-order valence-electron chi connectivity index (χ2n) is 1.94. The number of hydrogen-bond donors (Lipinski definition) is 1. The molecule has 1 N–H and O–H groups in total. The van der Waals surface area contributed by atoms with Gasteiger partial charge in [0.1, 0.15) is 0 Å². The molecule has 0 saturated carbocycles. The van der Waals surface area contributed by atoms with Crippen LogP contribution < -0.4 is 5.32 Å². The summed E-state index contributed by atoms with van der Waals surface area (Å²) in [6, 6.07) is 0.394. The largest absolute Gasteiger partial charge is 0.353 e. The second-order valence-corrected chi connectivity index (χ2v) is 2.67.